The minimum atomic E-state index is -0.0643. The van der Waals surface area contributed by atoms with E-state index in [1.807, 2.05) is 0 Å². The van der Waals surface area contributed by atoms with Crippen molar-refractivity contribution >= 4 is 23.2 Å². The van der Waals surface area contributed by atoms with Crippen molar-refractivity contribution in [1.29, 1.82) is 0 Å². The molecule has 14 heavy (non-hydrogen) atoms. The first-order valence-corrected chi connectivity index (χ1v) is 4.68. The summed E-state index contributed by atoms with van der Waals surface area (Å²) in [6, 6.07) is 5.09. The second-order valence-corrected chi connectivity index (χ2v) is 3.18. The van der Waals surface area contributed by atoms with E-state index in [1.165, 1.54) is 0 Å². The van der Waals surface area contributed by atoms with Crippen molar-refractivity contribution in [2.45, 2.75) is 13.3 Å². The molecule has 0 aliphatic heterocycles. The Morgan fingerprint density at radius 1 is 1.57 bits per heavy atom. The maximum atomic E-state index is 11.2. The number of methoxy groups -OCH3 is 1. The van der Waals surface area contributed by atoms with Crippen LogP contribution >= 0.6 is 11.6 Å². The molecule has 0 aromatic heterocycles. The lowest BCUT2D eigenvalue weighted by atomic mass is 10.3. The number of amides is 1. The summed E-state index contributed by atoms with van der Waals surface area (Å²) in [5.74, 6) is 0.543. The van der Waals surface area contributed by atoms with Crippen molar-refractivity contribution in [2.75, 3.05) is 12.4 Å². The zero-order valence-electron chi connectivity index (χ0n) is 8.13. The van der Waals surface area contributed by atoms with Gasteiger partial charge in [-0.05, 0) is 18.2 Å². The van der Waals surface area contributed by atoms with Crippen molar-refractivity contribution in [1.82, 2.24) is 0 Å². The van der Waals surface area contributed by atoms with Crippen molar-refractivity contribution < 1.29 is 9.53 Å². The van der Waals surface area contributed by atoms with Gasteiger partial charge in [0.15, 0.2) is 0 Å². The highest BCUT2D eigenvalue weighted by molar-refractivity contribution is 6.31. The lowest BCUT2D eigenvalue weighted by Crippen LogP contribution is -2.10. The van der Waals surface area contributed by atoms with E-state index in [-0.39, 0.29) is 5.91 Å². The molecule has 0 spiro atoms. The molecular formula is C10H12ClNO2. The normalized spacial score (nSPS) is 9.64. The highest BCUT2D eigenvalue weighted by Crippen LogP contribution is 2.27. The van der Waals surface area contributed by atoms with Gasteiger partial charge in [-0.25, -0.2) is 0 Å². The lowest BCUT2D eigenvalue weighted by molar-refractivity contribution is -0.115. The number of halogens is 1. The van der Waals surface area contributed by atoms with Gasteiger partial charge in [-0.1, -0.05) is 18.5 Å². The summed E-state index contributed by atoms with van der Waals surface area (Å²) in [6.45, 7) is 1.78. The number of hydrogen-bond acceptors (Lipinski definition) is 2. The molecule has 0 saturated heterocycles. The van der Waals surface area contributed by atoms with Crippen LogP contribution < -0.4 is 10.1 Å². The van der Waals surface area contributed by atoms with Gasteiger partial charge in [0.25, 0.3) is 0 Å². The molecule has 1 aromatic carbocycles. The van der Waals surface area contributed by atoms with E-state index in [0.717, 1.165) is 0 Å². The number of benzene rings is 1. The molecule has 0 unspecified atom stereocenters. The van der Waals surface area contributed by atoms with Crippen LogP contribution in [0.1, 0.15) is 13.3 Å². The van der Waals surface area contributed by atoms with Crippen LogP contribution in [0.2, 0.25) is 5.02 Å². The summed E-state index contributed by atoms with van der Waals surface area (Å²) in [7, 11) is 1.55. The van der Waals surface area contributed by atoms with Crippen LogP contribution in [0, 0.1) is 0 Å². The van der Waals surface area contributed by atoms with Gasteiger partial charge in [-0.2, -0.15) is 0 Å². The third-order valence-electron chi connectivity index (χ3n) is 1.76. The fourth-order valence-corrected chi connectivity index (χ4v) is 1.19. The second-order valence-electron chi connectivity index (χ2n) is 2.75. The molecule has 0 radical (unpaired) electrons. The Kier molecular flexibility index (Phi) is 3.77. The molecule has 0 atom stereocenters. The Bertz CT molecular complexity index is 339. The number of carbonyl (C=O) groups is 1. The quantitative estimate of drug-likeness (QED) is 0.839. The molecule has 1 amide bonds. The van der Waals surface area contributed by atoms with Crippen molar-refractivity contribution in [3.05, 3.63) is 23.2 Å². The molecule has 1 rings (SSSR count). The second kappa shape index (κ2) is 4.86. The molecule has 76 valence electrons. The summed E-state index contributed by atoms with van der Waals surface area (Å²) < 4.78 is 5.07. The van der Waals surface area contributed by atoms with E-state index in [4.69, 9.17) is 16.3 Å². The molecule has 0 aliphatic carbocycles. The van der Waals surface area contributed by atoms with Gasteiger partial charge < -0.3 is 10.1 Å². The number of hydrogen-bond donors (Lipinski definition) is 1. The molecule has 0 fully saturated rings. The molecule has 1 N–H and O–H groups in total. The van der Waals surface area contributed by atoms with E-state index < -0.39 is 0 Å². The number of carbonyl (C=O) groups excluding carboxylic acids is 1. The Morgan fingerprint density at radius 3 is 2.86 bits per heavy atom. The van der Waals surface area contributed by atoms with Crippen LogP contribution in [0.3, 0.4) is 0 Å². The first kappa shape index (κ1) is 10.9. The Balaban J connectivity index is 2.93. The maximum Gasteiger partial charge on any atom is 0.224 e. The largest absolute Gasteiger partial charge is 0.495 e. The van der Waals surface area contributed by atoms with Crippen molar-refractivity contribution in [3.63, 3.8) is 0 Å². The third-order valence-corrected chi connectivity index (χ3v) is 1.99. The topological polar surface area (TPSA) is 38.3 Å². The van der Waals surface area contributed by atoms with Crippen molar-refractivity contribution in [2.24, 2.45) is 0 Å². The number of ether oxygens (including phenoxy) is 1. The predicted octanol–water partition coefficient (Wildman–Crippen LogP) is 2.70. The van der Waals surface area contributed by atoms with Gasteiger partial charge in [0.2, 0.25) is 5.91 Å². The van der Waals surface area contributed by atoms with E-state index in [1.54, 1.807) is 32.2 Å². The van der Waals surface area contributed by atoms with E-state index in [9.17, 15) is 4.79 Å². The minimum absolute atomic E-state index is 0.0643. The lowest BCUT2D eigenvalue weighted by Gasteiger charge is -2.09. The van der Waals surface area contributed by atoms with Crippen LogP contribution in [-0.2, 0) is 4.79 Å². The standard InChI is InChI=1S/C10H12ClNO2/c1-3-10(13)12-8-6-7(11)4-5-9(8)14-2/h4-6H,3H2,1-2H3,(H,12,13). The van der Waals surface area contributed by atoms with Crippen molar-refractivity contribution in [3.8, 4) is 5.75 Å². The molecule has 4 heteroatoms. The van der Waals surface area contributed by atoms with E-state index >= 15 is 0 Å². The van der Waals surface area contributed by atoms with Crippen LogP contribution in [0.25, 0.3) is 0 Å². The molecule has 0 saturated carbocycles. The number of rotatable bonds is 3. The van der Waals surface area contributed by atoms with Gasteiger partial charge in [0.05, 0.1) is 12.8 Å². The first-order chi connectivity index (χ1) is 6.67. The summed E-state index contributed by atoms with van der Waals surface area (Å²) in [5.41, 5.74) is 0.604. The van der Waals surface area contributed by atoms with E-state index in [2.05, 4.69) is 5.32 Å². The van der Waals surface area contributed by atoms with Crippen LogP contribution in [0.15, 0.2) is 18.2 Å². The smallest absolute Gasteiger partial charge is 0.224 e. The average Bonchev–Trinajstić information content (AvgIpc) is 2.18. The SMILES string of the molecule is CCC(=O)Nc1cc(Cl)ccc1OC. The highest BCUT2D eigenvalue weighted by atomic mass is 35.5. The Labute approximate surface area is 88.0 Å². The minimum Gasteiger partial charge on any atom is -0.495 e. The molecule has 0 bridgehead atoms. The third kappa shape index (κ3) is 2.64. The Hall–Kier alpha value is -1.22. The van der Waals surface area contributed by atoms with Crippen LogP contribution in [-0.4, -0.2) is 13.0 Å². The molecule has 0 heterocycles. The maximum absolute atomic E-state index is 11.2. The van der Waals surface area contributed by atoms with Crippen LogP contribution in [0.5, 0.6) is 5.75 Å². The molecule has 0 aliphatic rings. The fraction of sp³-hybridized carbons (Fsp3) is 0.300. The monoisotopic (exact) mass is 213 g/mol. The zero-order valence-corrected chi connectivity index (χ0v) is 8.89. The zero-order chi connectivity index (χ0) is 10.6. The predicted molar refractivity (Wildman–Crippen MR) is 56.9 cm³/mol. The van der Waals surface area contributed by atoms with Gasteiger partial charge in [0.1, 0.15) is 5.75 Å². The molecule has 1 aromatic rings. The fourth-order valence-electron chi connectivity index (χ4n) is 1.02. The first-order valence-electron chi connectivity index (χ1n) is 4.30. The van der Waals surface area contributed by atoms with Gasteiger partial charge >= 0.3 is 0 Å². The summed E-state index contributed by atoms with van der Waals surface area (Å²) in [4.78, 5) is 11.2. The summed E-state index contributed by atoms with van der Waals surface area (Å²) >= 11 is 5.79. The molecule has 3 nitrogen and oxygen atoms in total. The molecular weight excluding hydrogens is 202 g/mol. The summed E-state index contributed by atoms with van der Waals surface area (Å²) in [6.07, 6.45) is 0.426. The van der Waals surface area contributed by atoms with Crippen LogP contribution in [0.4, 0.5) is 5.69 Å². The van der Waals surface area contributed by atoms with Gasteiger partial charge in [-0.3, -0.25) is 4.79 Å². The Morgan fingerprint density at radius 2 is 2.29 bits per heavy atom. The highest BCUT2D eigenvalue weighted by Gasteiger charge is 2.06. The van der Waals surface area contributed by atoms with Gasteiger partial charge in [0, 0.05) is 11.4 Å². The summed E-state index contributed by atoms with van der Waals surface area (Å²) in [5, 5.41) is 3.27. The van der Waals surface area contributed by atoms with E-state index in [0.29, 0.717) is 22.9 Å². The number of nitrogens with one attached hydrogen (secondary N) is 1. The van der Waals surface area contributed by atoms with Gasteiger partial charge in [-0.15, -0.1) is 0 Å². The average molecular weight is 214 g/mol. The number of anilines is 1.